The van der Waals surface area contributed by atoms with E-state index in [4.69, 9.17) is 0 Å². The summed E-state index contributed by atoms with van der Waals surface area (Å²) in [7, 11) is 3.22. The van der Waals surface area contributed by atoms with Gasteiger partial charge >= 0.3 is 0 Å². The molecule has 0 radical (unpaired) electrons. The molecule has 0 spiro atoms. The first-order chi connectivity index (χ1) is 33.5. The van der Waals surface area contributed by atoms with Crippen molar-refractivity contribution >= 4 is 67.6 Å². The molecular weight excluding hydrogens is 953 g/mol. The average molecular weight is 1030 g/mol. The molecule has 382 valence electrons. The quantitative estimate of drug-likeness (QED) is 0.0438. The lowest BCUT2D eigenvalue weighted by atomic mass is 9.90. The fourth-order valence-electron chi connectivity index (χ4n) is 10.0. The fourth-order valence-corrected chi connectivity index (χ4v) is 14.3. The number of hydrogen-bond acceptors (Lipinski definition) is 12. The summed E-state index contributed by atoms with van der Waals surface area (Å²) in [6, 6.07) is 15.2. The Hall–Kier alpha value is -3.40. The van der Waals surface area contributed by atoms with Crippen molar-refractivity contribution in [1.82, 2.24) is 19.8 Å². The summed E-state index contributed by atoms with van der Waals surface area (Å²) in [6.45, 7) is 17.6. The molecule has 4 heterocycles. The summed E-state index contributed by atoms with van der Waals surface area (Å²) in [5.41, 5.74) is 10.0. The van der Waals surface area contributed by atoms with Crippen molar-refractivity contribution in [3.63, 3.8) is 0 Å². The van der Waals surface area contributed by atoms with Gasteiger partial charge in [-0.15, -0.1) is 22.7 Å². The predicted molar refractivity (Wildman–Crippen MR) is 291 cm³/mol. The van der Waals surface area contributed by atoms with E-state index in [1.807, 2.05) is 24.9 Å². The highest BCUT2D eigenvalue weighted by atomic mass is 33.1. The van der Waals surface area contributed by atoms with Crippen LogP contribution in [-0.2, 0) is 32.0 Å². The minimum absolute atomic E-state index is 0.0193. The highest BCUT2D eigenvalue weighted by molar-refractivity contribution is 8.76. The van der Waals surface area contributed by atoms with Gasteiger partial charge in [0.1, 0.15) is 0 Å². The Bertz CT molecular complexity index is 2140. The molecule has 2 amide bonds. The van der Waals surface area contributed by atoms with Crippen LogP contribution >= 0.6 is 44.3 Å². The molecule has 0 saturated carbocycles. The lowest BCUT2D eigenvalue weighted by molar-refractivity contribution is -0.141. The Kier molecular flexibility index (Phi) is 21.6. The number of carbonyl (C=O) groups excluding carboxylic acids is 4. The van der Waals surface area contributed by atoms with Gasteiger partial charge in [0.05, 0.1) is 56.5 Å². The number of ketones is 2. The zero-order chi connectivity index (χ0) is 50.5. The number of aliphatic hydroxyl groups excluding tert-OH is 2. The Labute approximate surface area is 434 Å². The van der Waals surface area contributed by atoms with Crippen LogP contribution in [0.15, 0.2) is 59.6 Å². The third-order valence-electron chi connectivity index (χ3n) is 14.3. The Balaban J connectivity index is 1.09. The van der Waals surface area contributed by atoms with Crippen LogP contribution in [0, 0.1) is 49.4 Å². The lowest BCUT2D eigenvalue weighted by Crippen LogP contribution is -2.45. The van der Waals surface area contributed by atoms with Crippen molar-refractivity contribution in [1.29, 1.82) is 0 Å². The SMILES string of the molecule is Cc1ncsc1-c1ccc(CCC(=O)[C@H]2C[C@H](O)CN2C(=O)[C@@H](CSSC[C@H](CC(C)CCC(C)C)C(=O)N2C[C@H](O)C[C@H]2C(=O)CCc2ccc(-c3scnc3C)cc2)CC(C)CCC(C)C)cc1. The molecule has 2 N–H and O–H groups in total. The van der Waals surface area contributed by atoms with Gasteiger partial charge in [0.25, 0.3) is 0 Å². The number of Topliss-reactive ketones (excluding diaryl/α,β-unsaturated/α-hetero) is 2. The van der Waals surface area contributed by atoms with Gasteiger partial charge in [-0.05, 0) is 85.5 Å². The second kappa shape index (κ2) is 27.1. The van der Waals surface area contributed by atoms with E-state index >= 15 is 0 Å². The maximum absolute atomic E-state index is 14.7. The summed E-state index contributed by atoms with van der Waals surface area (Å²) < 4.78 is 0. The number of carbonyl (C=O) groups is 4. The van der Waals surface area contributed by atoms with E-state index in [-0.39, 0.29) is 74.0 Å². The van der Waals surface area contributed by atoms with E-state index in [1.165, 1.54) is 0 Å². The van der Waals surface area contributed by atoms with Gasteiger partial charge in [0.15, 0.2) is 11.6 Å². The van der Waals surface area contributed by atoms with E-state index in [2.05, 4.69) is 100 Å². The number of β-amino-alcohol motifs (C(OH)–C–C–N with tert-alkyl or cyclic N) is 2. The first-order valence-corrected chi connectivity index (χ1v) is 30.0. The van der Waals surface area contributed by atoms with Crippen molar-refractivity contribution < 1.29 is 29.4 Å². The number of hydrogen-bond donors (Lipinski definition) is 2. The minimum Gasteiger partial charge on any atom is -0.391 e. The van der Waals surface area contributed by atoms with Crippen LogP contribution in [0.2, 0.25) is 0 Å². The molecule has 4 aromatic rings. The van der Waals surface area contributed by atoms with Crippen molar-refractivity contribution in [3.05, 3.63) is 82.1 Å². The minimum atomic E-state index is -0.754. The maximum Gasteiger partial charge on any atom is 0.227 e. The fraction of sp³-hybridized carbons (Fsp3) is 0.607. The van der Waals surface area contributed by atoms with E-state index in [0.717, 1.165) is 69.1 Å². The summed E-state index contributed by atoms with van der Waals surface area (Å²) in [6.07, 6.45) is 6.16. The molecule has 2 unspecified atom stereocenters. The second-order valence-electron chi connectivity index (χ2n) is 21.2. The first kappa shape index (κ1) is 55.9. The second-order valence-corrected chi connectivity index (χ2v) is 25.5. The van der Waals surface area contributed by atoms with E-state index in [0.29, 0.717) is 60.9 Å². The molecule has 70 heavy (non-hydrogen) atoms. The van der Waals surface area contributed by atoms with Gasteiger partial charge in [-0.1, -0.05) is 137 Å². The first-order valence-electron chi connectivity index (χ1n) is 25.7. The molecule has 8 atom stereocenters. The Morgan fingerprint density at radius 2 is 0.971 bits per heavy atom. The molecule has 0 bridgehead atoms. The number of benzene rings is 2. The van der Waals surface area contributed by atoms with Crippen LogP contribution < -0.4 is 0 Å². The van der Waals surface area contributed by atoms with Crippen molar-refractivity contribution in [2.24, 2.45) is 35.5 Å². The Morgan fingerprint density at radius 3 is 1.30 bits per heavy atom. The van der Waals surface area contributed by atoms with Crippen LogP contribution in [0.3, 0.4) is 0 Å². The molecule has 10 nitrogen and oxygen atoms in total. The number of nitrogens with zero attached hydrogens (tertiary/aromatic N) is 4. The molecule has 2 saturated heterocycles. The Morgan fingerprint density at radius 1 is 0.600 bits per heavy atom. The standard InChI is InChI=1S/C56H78N4O6S4/c1-35(2)9-11-37(5)25-45(55(65)59-29-47(61)27-49(59)51(63)23-17-41-13-19-43(20-14-41)53-39(7)57-33-67-53)31-69-70-32-46(26-38(6)12-10-36(3)4)56(66)60-30-48(62)28-50(60)52(64)24-18-42-15-21-44(22-16-42)54-40(8)58-34-68-54/h13-16,19-22,33-38,45-50,61-62H,9-12,17-18,23-32H2,1-8H3/t37?,38?,45-,46+,47+,48-,49-,50+. The van der Waals surface area contributed by atoms with Gasteiger partial charge in [-0.2, -0.15) is 0 Å². The van der Waals surface area contributed by atoms with E-state index in [1.54, 1.807) is 54.1 Å². The van der Waals surface area contributed by atoms with Crippen LogP contribution in [0.25, 0.3) is 20.9 Å². The molecule has 14 heteroatoms. The largest absolute Gasteiger partial charge is 0.391 e. The third kappa shape index (κ3) is 16.0. The summed E-state index contributed by atoms with van der Waals surface area (Å²) >= 11 is 3.22. The number of aliphatic hydroxyl groups is 2. The van der Waals surface area contributed by atoms with Gasteiger partial charge in [-0.3, -0.25) is 19.2 Å². The third-order valence-corrected chi connectivity index (χ3v) is 18.8. The monoisotopic (exact) mass is 1030 g/mol. The van der Waals surface area contributed by atoms with Gasteiger partial charge < -0.3 is 20.0 Å². The van der Waals surface area contributed by atoms with E-state index < -0.39 is 24.3 Å². The number of likely N-dealkylation sites (tertiary alicyclic amines) is 2. The van der Waals surface area contributed by atoms with Crippen LogP contribution in [-0.4, -0.2) is 102 Å². The van der Waals surface area contributed by atoms with E-state index in [9.17, 15) is 29.4 Å². The number of thiazole rings is 2. The summed E-state index contributed by atoms with van der Waals surface area (Å²) in [5, 5.41) is 21.9. The van der Waals surface area contributed by atoms with Crippen LogP contribution in [0.1, 0.15) is 128 Å². The summed E-state index contributed by atoms with van der Waals surface area (Å²) in [5.74, 6) is 1.82. The zero-order valence-corrected chi connectivity index (χ0v) is 46.1. The number of aromatic nitrogens is 2. The number of aryl methyl sites for hydroxylation is 4. The van der Waals surface area contributed by atoms with Gasteiger partial charge in [0, 0.05) is 62.1 Å². The van der Waals surface area contributed by atoms with Crippen LogP contribution in [0.5, 0.6) is 0 Å². The van der Waals surface area contributed by atoms with Crippen molar-refractivity contribution in [3.8, 4) is 20.9 Å². The normalized spacial score (nSPS) is 20.1. The topological polar surface area (TPSA) is 141 Å². The highest BCUT2D eigenvalue weighted by Crippen LogP contribution is 2.37. The zero-order valence-electron chi connectivity index (χ0n) is 42.8. The number of amides is 2. The molecule has 0 aliphatic carbocycles. The lowest BCUT2D eigenvalue weighted by Gasteiger charge is -2.30. The van der Waals surface area contributed by atoms with Crippen molar-refractivity contribution in [2.75, 3.05) is 24.6 Å². The van der Waals surface area contributed by atoms with Gasteiger partial charge in [0.2, 0.25) is 11.8 Å². The predicted octanol–water partition coefficient (Wildman–Crippen LogP) is 11.7. The average Bonchev–Trinajstić information content (AvgIpc) is 4.16. The molecule has 2 fully saturated rings. The molecule has 6 rings (SSSR count). The summed E-state index contributed by atoms with van der Waals surface area (Å²) in [4.78, 5) is 71.6. The maximum atomic E-state index is 14.7. The van der Waals surface area contributed by atoms with Gasteiger partial charge in [-0.25, -0.2) is 9.97 Å². The highest BCUT2D eigenvalue weighted by Gasteiger charge is 2.42. The molecular formula is C56H78N4O6S4. The molecule has 2 aromatic heterocycles. The molecule has 2 aliphatic rings. The molecule has 2 aliphatic heterocycles. The smallest absolute Gasteiger partial charge is 0.227 e. The van der Waals surface area contributed by atoms with Crippen molar-refractivity contribution in [2.45, 2.75) is 157 Å². The number of rotatable bonds is 27. The van der Waals surface area contributed by atoms with Crippen LogP contribution in [0.4, 0.5) is 0 Å². The molecule has 2 aromatic carbocycles.